The van der Waals surface area contributed by atoms with E-state index in [1.807, 2.05) is 0 Å². The molecule has 0 spiro atoms. The van der Waals surface area contributed by atoms with Gasteiger partial charge in [-0.15, -0.1) is 0 Å². The molecule has 6 nitrogen and oxygen atoms in total. The van der Waals surface area contributed by atoms with E-state index < -0.39 is 24.6 Å². The lowest BCUT2D eigenvalue weighted by Gasteiger charge is -2.21. The van der Waals surface area contributed by atoms with E-state index >= 15 is 0 Å². The molecule has 2 bridgehead atoms. The minimum atomic E-state index is -1.07. The molecule has 0 aromatic heterocycles. The highest BCUT2D eigenvalue weighted by atomic mass is 16.7. The smallest absolute Gasteiger partial charge is 0.187 e. The summed E-state index contributed by atoms with van der Waals surface area (Å²) in [5, 5.41) is 29.9. The molecule has 2 heterocycles. The summed E-state index contributed by atoms with van der Waals surface area (Å²) >= 11 is 0. The summed E-state index contributed by atoms with van der Waals surface area (Å²) in [7, 11) is 0. The predicted molar refractivity (Wildman–Crippen MR) is 35.8 cm³/mol. The van der Waals surface area contributed by atoms with Crippen molar-refractivity contribution >= 4 is 5.71 Å². The van der Waals surface area contributed by atoms with Gasteiger partial charge in [-0.05, 0) is 0 Å². The first-order valence-corrected chi connectivity index (χ1v) is 3.58. The number of oxime groups is 1. The summed E-state index contributed by atoms with van der Waals surface area (Å²) in [5.41, 5.74) is 0.204. The van der Waals surface area contributed by atoms with Crippen LogP contribution in [0.5, 0.6) is 0 Å². The lowest BCUT2D eigenvalue weighted by molar-refractivity contribution is -0.163. The highest BCUT2D eigenvalue weighted by Crippen LogP contribution is 2.27. The molecule has 0 saturated carbocycles. The summed E-state index contributed by atoms with van der Waals surface area (Å²) in [6.07, 6.45) is -3.66. The van der Waals surface area contributed by atoms with E-state index in [-0.39, 0.29) is 12.3 Å². The minimum absolute atomic E-state index is 0.0833. The van der Waals surface area contributed by atoms with Crippen molar-refractivity contribution in [3.8, 4) is 0 Å². The molecule has 0 aromatic rings. The van der Waals surface area contributed by atoms with Gasteiger partial charge in [-0.25, -0.2) is 0 Å². The van der Waals surface area contributed by atoms with Crippen LogP contribution in [0.15, 0.2) is 5.16 Å². The number of hydrogen-bond acceptors (Lipinski definition) is 6. The second-order valence-electron chi connectivity index (χ2n) is 2.81. The van der Waals surface area contributed by atoms with Crippen LogP contribution in [-0.2, 0) is 9.47 Å². The second kappa shape index (κ2) is 2.67. The van der Waals surface area contributed by atoms with Crippen LogP contribution >= 0.6 is 0 Å². The molecule has 6 heteroatoms. The van der Waals surface area contributed by atoms with Crippen LogP contribution in [0, 0.1) is 0 Å². The topological polar surface area (TPSA) is 91.5 Å². The Hall–Kier alpha value is -0.690. The molecular formula is C6H9NO5. The molecule has 0 aromatic carbocycles. The van der Waals surface area contributed by atoms with E-state index in [9.17, 15) is 10.2 Å². The van der Waals surface area contributed by atoms with Crippen molar-refractivity contribution in [2.45, 2.75) is 24.6 Å². The van der Waals surface area contributed by atoms with Gasteiger partial charge in [0.15, 0.2) is 6.29 Å². The number of aliphatic hydroxyl groups excluding tert-OH is 2. The van der Waals surface area contributed by atoms with Gasteiger partial charge < -0.3 is 24.9 Å². The van der Waals surface area contributed by atoms with Gasteiger partial charge in [-0.3, -0.25) is 0 Å². The van der Waals surface area contributed by atoms with E-state index in [4.69, 9.17) is 14.7 Å². The Labute approximate surface area is 68.0 Å². The van der Waals surface area contributed by atoms with Crippen LogP contribution in [0.2, 0.25) is 0 Å². The number of nitrogens with zero attached hydrogens (tertiary/aromatic N) is 1. The molecule has 4 atom stereocenters. The average molecular weight is 175 g/mol. The van der Waals surface area contributed by atoms with Gasteiger partial charge >= 0.3 is 0 Å². The average Bonchev–Trinajstić information content (AvgIpc) is 2.33. The van der Waals surface area contributed by atoms with E-state index in [1.54, 1.807) is 0 Å². The molecule has 2 fully saturated rings. The Morgan fingerprint density at radius 3 is 2.75 bits per heavy atom. The summed E-state index contributed by atoms with van der Waals surface area (Å²) in [6, 6.07) is 0. The Morgan fingerprint density at radius 2 is 2.08 bits per heavy atom. The minimum Gasteiger partial charge on any atom is -0.411 e. The van der Waals surface area contributed by atoms with Crippen molar-refractivity contribution in [3.63, 3.8) is 0 Å². The molecule has 68 valence electrons. The van der Waals surface area contributed by atoms with Crippen LogP contribution in [0.3, 0.4) is 0 Å². The van der Waals surface area contributed by atoms with E-state index in [0.717, 1.165) is 0 Å². The predicted octanol–water partition coefficient (Wildman–Crippen LogP) is -1.71. The van der Waals surface area contributed by atoms with Crippen LogP contribution in [0.4, 0.5) is 0 Å². The van der Waals surface area contributed by atoms with Crippen LogP contribution in [0.1, 0.15) is 0 Å². The van der Waals surface area contributed by atoms with Gasteiger partial charge in [0.05, 0.1) is 6.61 Å². The zero-order valence-corrected chi connectivity index (χ0v) is 6.12. The summed E-state index contributed by atoms with van der Waals surface area (Å²) in [4.78, 5) is 0. The molecule has 2 saturated heterocycles. The van der Waals surface area contributed by atoms with E-state index in [1.165, 1.54) is 0 Å². The Morgan fingerprint density at radius 1 is 1.33 bits per heavy atom. The zero-order chi connectivity index (χ0) is 8.72. The molecular weight excluding hydrogens is 166 g/mol. The van der Waals surface area contributed by atoms with Crippen molar-refractivity contribution in [3.05, 3.63) is 0 Å². The molecule has 3 N–H and O–H groups in total. The standard InChI is InChI=1S/C6H9NO5/c8-3-4(9)6-11-1-2(7-10)5(3)12-6/h3-6,8-10H,1H2/b7-2+. The van der Waals surface area contributed by atoms with Gasteiger partial charge in [0, 0.05) is 0 Å². The molecule has 2 rings (SSSR count). The number of hydrogen-bond donors (Lipinski definition) is 3. The third-order valence-corrected chi connectivity index (χ3v) is 2.07. The van der Waals surface area contributed by atoms with Gasteiger partial charge in [-0.1, -0.05) is 5.16 Å². The highest BCUT2D eigenvalue weighted by molar-refractivity contribution is 5.91. The first kappa shape index (κ1) is 7.93. The molecule has 0 aliphatic carbocycles. The maximum absolute atomic E-state index is 9.32. The maximum atomic E-state index is 9.32. The van der Waals surface area contributed by atoms with Crippen LogP contribution in [-0.4, -0.2) is 52.3 Å². The fourth-order valence-corrected chi connectivity index (χ4v) is 1.39. The maximum Gasteiger partial charge on any atom is 0.187 e. The van der Waals surface area contributed by atoms with Crippen LogP contribution in [0.25, 0.3) is 0 Å². The lowest BCUT2D eigenvalue weighted by Crippen LogP contribution is -2.37. The number of aliphatic hydroxyl groups is 2. The SMILES string of the molecule is O/N=C1\COC2OC1C(O)C2O. The molecule has 12 heavy (non-hydrogen) atoms. The summed E-state index contributed by atoms with van der Waals surface area (Å²) in [5.74, 6) is 0. The Bertz CT molecular complexity index is 218. The molecule has 4 unspecified atom stereocenters. The largest absolute Gasteiger partial charge is 0.411 e. The van der Waals surface area contributed by atoms with Crippen molar-refractivity contribution in [1.82, 2.24) is 0 Å². The first-order chi connectivity index (χ1) is 5.74. The third kappa shape index (κ3) is 0.929. The van der Waals surface area contributed by atoms with E-state index in [2.05, 4.69) is 5.16 Å². The monoisotopic (exact) mass is 175 g/mol. The van der Waals surface area contributed by atoms with Crippen molar-refractivity contribution in [2.75, 3.05) is 6.61 Å². The Kier molecular flexibility index (Phi) is 1.76. The fourth-order valence-electron chi connectivity index (χ4n) is 1.39. The van der Waals surface area contributed by atoms with Gasteiger partial charge in [0.1, 0.15) is 24.0 Å². The van der Waals surface area contributed by atoms with Gasteiger partial charge in [0.25, 0.3) is 0 Å². The van der Waals surface area contributed by atoms with Crippen molar-refractivity contribution in [1.29, 1.82) is 0 Å². The van der Waals surface area contributed by atoms with Gasteiger partial charge in [-0.2, -0.15) is 0 Å². The normalized spacial score (nSPS) is 50.0. The van der Waals surface area contributed by atoms with Crippen molar-refractivity contribution < 1.29 is 24.9 Å². The quantitative estimate of drug-likeness (QED) is 0.301. The first-order valence-electron chi connectivity index (χ1n) is 3.58. The number of ether oxygens (including phenoxy) is 2. The number of fused-ring (bicyclic) bond motifs is 2. The third-order valence-electron chi connectivity index (χ3n) is 2.07. The second-order valence-corrected chi connectivity index (χ2v) is 2.81. The van der Waals surface area contributed by atoms with Gasteiger partial charge in [0.2, 0.25) is 0 Å². The molecule has 2 aliphatic rings. The fraction of sp³-hybridized carbons (Fsp3) is 0.833. The summed E-state index contributed by atoms with van der Waals surface area (Å²) < 4.78 is 9.94. The highest BCUT2D eigenvalue weighted by Gasteiger charge is 2.49. The van der Waals surface area contributed by atoms with Crippen LogP contribution < -0.4 is 0 Å². The molecule has 0 amide bonds. The summed E-state index contributed by atoms with van der Waals surface area (Å²) in [6.45, 7) is 0.0833. The van der Waals surface area contributed by atoms with E-state index in [0.29, 0.717) is 0 Å². The Balaban J connectivity index is 2.23. The zero-order valence-electron chi connectivity index (χ0n) is 6.12. The lowest BCUT2D eigenvalue weighted by atomic mass is 10.1. The molecule has 0 radical (unpaired) electrons. The number of rotatable bonds is 0. The van der Waals surface area contributed by atoms with Crippen molar-refractivity contribution in [2.24, 2.45) is 5.16 Å². The molecule has 2 aliphatic heterocycles.